The van der Waals surface area contributed by atoms with Gasteiger partial charge in [0.05, 0.1) is 36.8 Å². The number of nitriles is 1. The summed E-state index contributed by atoms with van der Waals surface area (Å²) in [5.41, 5.74) is 4.08. The Morgan fingerprint density at radius 2 is 2.00 bits per heavy atom. The van der Waals surface area contributed by atoms with Crippen LogP contribution >= 0.6 is 0 Å². The average molecular weight is 450 g/mol. The second-order valence-electron chi connectivity index (χ2n) is 8.25. The number of benzene rings is 2. The number of rotatable bonds is 5. The number of carbonyl (C=O) groups excluding carboxylic acids is 1. The summed E-state index contributed by atoms with van der Waals surface area (Å²) in [5.74, 6) is -1.08. The molecule has 9 heteroatoms. The molecule has 3 atom stereocenters. The van der Waals surface area contributed by atoms with Crippen LogP contribution < -0.4 is 16.4 Å². The number of nitrogens with zero attached hydrogens (tertiary/aromatic N) is 2. The van der Waals surface area contributed by atoms with Gasteiger partial charge in [0.25, 0.3) is 0 Å². The van der Waals surface area contributed by atoms with Crippen molar-refractivity contribution in [3.63, 3.8) is 0 Å². The van der Waals surface area contributed by atoms with E-state index < -0.39 is 23.8 Å². The molecule has 2 aromatic carbocycles. The van der Waals surface area contributed by atoms with Gasteiger partial charge < -0.3 is 24.9 Å². The van der Waals surface area contributed by atoms with Gasteiger partial charge >= 0.3 is 5.76 Å². The zero-order valence-electron chi connectivity index (χ0n) is 18.3. The van der Waals surface area contributed by atoms with E-state index >= 15 is 0 Å². The molecular formula is C24H26N4O5. The normalized spacial score (nSPS) is 19.9. The standard InChI is InChI=1S/C24H26N4O5/c1-28-21-9-17(6-7-22(21)33-24(28)31)16-4-2-15(3-5-16)8-19(10-25)27-23(30)18-11-26-12-20(29)14-32-13-18/h2-7,9,18-20,26,29H,8,11-14H2,1H3,(H,27,30). The van der Waals surface area contributed by atoms with Crippen molar-refractivity contribution >= 4 is 17.0 Å². The molecule has 172 valence electrons. The van der Waals surface area contributed by atoms with Crippen LogP contribution in [0.3, 0.4) is 0 Å². The van der Waals surface area contributed by atoms with E-state index in [4.69, 9.17) is 9.15 Å². The highest BCUT2D eigenvalue weighted by Crippen LogP contribution is 2.24. The monoisotopic (exact) mass is 450 g/mol. The van der Waals surface area contributed by atoms with Gasteiger partial charge in [-0.15, -0.1) is 0 Å². The Morgan fingerprint density at radius 1 is 1.24 bits per heavy atom. The number of aliphatic hydroxyl groups excluding tert-OH is 1. The maximum atomic E-state index is 12.6. The smallest absolute Gasteiger partial charge is 0.408 e. The number of hydrogen-bond donors (Lipinski definition) is 3. The number of nitrogens with one attached hydrogen (secondary N) is 2. The maximum absolute atomic E-state index is 12.6. The van der Waals surface area contributed by atoms with Crippen molar-refractivity contribution in [2.45, 2.75) is 18.6 Å². The molecule has 0 saturated carbocycles. The lowest BCUT2D eigenvalue weighted by molar-refractivity contribution is -0.128. The topological polar surface area (TPSA) is 130 Å². The van der Waals surface area contributed by atoms with E-state index in [2.05, 4.69) is 16.7 Å². The van der Waals surface area contributed by atoms with Gasteiger partial charge in [-0.3, -0.25) is 9.36 Å². The minimum atomic E-state index is -0.670. The molecule has 3 aromatic rings. The van der Waals surface area contributed by atoms with Gasteiger partial charge in [0.2, 0.25) is 5.91 Å². The third-order valence-electron chi connectivity index (χ3n) is 5.76. The highest BCUT2D eigenvalue weighted by Gasteiger charge is 2.24. The van der Waals surface area contributed by atoms with Gasteiger partial charge in [0.15, 0.2) is 5.58 Å². The lowest BCUT2D eigenvalue weighted by Gasteiger charge is -2.24. The van der Waals surface area contributed by atoms with Crippen molar-refractivity contribution in [3.8, 4) is 17.2 Å². The fourth-order valence-corrected chi connectivity index (χ4v) is 3.85. The first-order valence-corrected chi connectivity index (χ1v) is 10.8. The first-order valence-electron chi connectivity index (χ1n) is 10.8. The summed E-state index contributed by atoms with van der Waals surface area (Å²) in [5, 5.41) is 25.0. The summed E-state index contributed by atoms with van der Waals surface area (Å²) in [7, 11) is 1.67. The predicted octanol–water partition coefficient (Wildman–Crippen LogP) is 0.946. The van der Waals surface area contributed by atoms with Crippen LogP contribution in [0.1, 0.15) is 5.56 Å². The molecule has 1 fully saturated rings. The summed E-state index contributed by atoms with van der Waals surface area (Å²) < 4.78 is 12.0. The van der Waals surface area contributed by atoms with Gasteiger partial charge in [-0.05, 0) is 28.8 Å². The van der Waals surface area contributed by atoms with E-state index in [1.54, 1.807) is 13.1 Å². The van der Waals surface area contributed by atoms with Crippen molar-refractivity contribution < 1.29 is 19.1 Å². The van der Waals surface area contributed by atoms with E-state index in [0.717, 1.165) is 22.2 Å². The van der Waals surface area contributed by atoms with Crippen LogP contribution in [0.25, 0.3) is 22.2 Å². The number of aryl methyl sites for hydroxylation is 1. The molecule has 1 saturated heterocycles. The van der Waals surface area contributed by atoms with Gasteiger partial charge in [0.1, 0.15) is 6.04 Å². The molecule has 0 radical (unpaired) electrons. The Bertz CT molecular complexity index is 1210. The molecule has 3 unspecified atom stereocenters. The van der Waals surface area contributed by atoms with E-state index in [-0.39, 0.29) is 19.1 Å². The molecule has 9 nitrogen and oxygen atoms in total. The van der Waals surface area contributed by atoms with Crippen molar-refractivity contribution in [1.82, 2.24) is 15.2 Å². The van der Waals surface area contributed by atoms with Crippen LogP contribution in [0.15, 0.2) is 51.7 Å². The molecule has 2 heterocycles. The highest BCUT2D eigenvalue weighted by molar-refractivity contribution is 5.81. The highest BCUT2D eigenvalue weighted by atomic mass is 16.5. The SMILES string of the molecule is Cn1c(=O)oc2ccc(-c3ccc(CC(C#N)NC(=O)C4CNCC(O)COC4)cc3)cc21. The third-order valence-corrected chi connectivity index (χ3v) is 5.76. The molecular weight excluding hydrogens is 424 g/mol. The van der Waals surface area contributed by atoms with Gasteiger partial charge in [-0.1, -0.05) is 30.3 Å². The summed E-state index contributed by atoms with van der Waals surface area (Å²) in [4.78, 5) is 24.3. The van der Waals surface area contributed by atoms with E-state index in [1.165, 1.54) is 4.57 Å². The van der Waals surface area contributed by atoms with Gasteiger partial charge in [0, 0.05) is 26.6 Å². The van der Waals surface area contributed by atoms with Crippen LogP contribution in [0.4, 0.5) is 0 Å². The summed E-state index contributed by atoms with van der Waals surface area (Å²) in [6.07, 6.45) is -0.213. The fraction of sp³-hybridized carbons (Fsp3) is 0.375. The Hall–Kier alpha value is -3.45. The molecule has 4 rings (SSSR count). The predicted molar refractivity (Wildman–Crippen MR) is 121 cm³/mol. The van der Waals surface area contributed by atoms with E-state index in [9.17, 15) is 20.0 Å². The largest absolute Gasteiger partial charge is 0.419 e. The summed E-state index contributed by atoms with van der Waals surface area (Å²) >= 11 is 0. The van der Waals surface area contributed by atoms with Crippen molar-refractivity contribution in [2.75, 3.05) is 26.3 Å². The van der Waals surface area contributed by atoms with Crippen LogP contribution in [0.2, 0.25) is 0 Å². The summed E-state index contributed by atoms with van der Waals surface area (Å²) in [6.45, 7) is 1.11. The van der Waals surface area contributed by atoms with Crippen LogP contribution in [0, 0.1) is 17.2 Å². The summed E-state index contributed by atoms with van der Waals surface area (Å²) in [6, 6.07) is 14.8. The minimum absolute atomic E-state index is 0.175. The number of aromatic nitrogens is 1. The quantitative estimate of drug-likeness (QED) is 0.528. The van der Waals surface area contributed by atoms with Crippen LogP contribution in [0.5, 0.6) is 0 Å². The van der Waals surface area contributed by atoms with Crippen molar-refractivity contribution in [1.29, 1.82) is 5.26 Å². The number of hydrogen-bond acceptors (Lipinski definition) is 7. The maximum Gasteiger partial charge on any atom is 0.419 e. The Morgan fingerprint density at radius 3 is 2.76 bits per heavy atom. The van der Waals surface area contributed by atoms with Gasteiger partial charge in [-0.2, -0.15) is 5.26 Å². The van der Waals surface area contributed by atoms with E-state index in [0.29, 0.717) is 25.1 Å². The second-order valence-corrected chi connectivity index (χ2v) is 8.25. The molecule has 0 aliphatic carbocycles. The molecule has 1 aromatic heterocycles. The number of amides is 1. The number of ether oxygens (including phenoxy) is 1. The van der Waals surface area contributed by atoms with Crippen molar-refractivity contribution in [2.24, 2.45) is 13.0 Å². The second kappa shape index (κ2) is 10.0. The first kappa shape index (κ1) is 22.7. The molecule has 33 heavy (non-hydrogen) atoms. The van der Waals surface area contributed by atoms with Crippen LogP contribution in [-0.2, 0) is 23.0 Å². The zero-order valence-corrected chi connectivity index (χ0v) is 18.3. The van der Waals surface area contributed by atoms with Gasteiger partial charge in [-0.25, -0.2) is 4.79 Å². The number of β-amino-alcohol motifs (C(OH)–C–C–N with tert-alkyl or cyclic N) is 1. The lowest BCUT2D eigenvalue weighted by atomic mass is 10.00. The number of aliphatic hydroxyl groups is 1. The third kappa shape index (κ3) is 5.31. The fourth-order valence-electron chi connectivity index (χ4n) is 3.85. The molecule has 1 aliphatic heterocycles. The number of carbonyl (C=O) groups is 1. The average Bonchev–Trinajstić information content (AvgIpc) is 3.09. The van der Waals surface area contributed by atoms with Crippen molar-refractivity contribution in [3.05, 3.63) is 58.6 Å². The number of oxazole rings is 1. The van der Waals surface area contributed by atoms with Crippen LogP contribution in [-0.4, -0.2) is 54.0 Å². The Labute approximate surface area is 190 Å². The number of fused-ring (bicyclic) bond motifs is 1. The molecule has 1 amide bonds. The zero-order chi connectivity index (χ0) is 23.4. The first-order chi connectivity index (χ1) is 15.9. The minimum Gasteiger partial charge on any atom is -0.408 e. The molecule has 1 aliphatic rings. The molecule has 3 N–H and O–H groups in total. The Balaban J connectivity index is 1.40. The van der Waals surface area contributed by atoms with E-state index in [1.807, 2.05) is 36.4 Å². The molecule has 0 bridgehead atoms. The Kier molecular flexibility index (Phi) is 6.89. The lowest BCUT2D eigenvalue weighted by Crippen LogP contribution is -2.47. The molecule has 0 spiro atoms.